The highest BCUT2D eigenvalue weighted by atomic mass is 32.2. The van der Waals surface area contributed by atoms with E-state index < -0.39 is 10.2 Å². The van der Waals surface area contributed by atoms with Gasteiger partial charge in [-0.15, -0.1) is 0 Å². The second-order valence-electron chi connectivity index (χ2n) is 7.40. The fourth-order valence-corrected chi connectivity index (χ4v) is 5.05. The molecule has 0 aliphatic carbocycles. The molecular formula is C22H31N5O4S. The molecule has 0 unspecified atom stereocenters. The van der Waals surface area contributed by atoms with E-state index in [9.17, 15) is 8.42 Å². The SMILES string of the molecule is CCO/N=C/c1ccc(OCCCCCCN2CCN(c3ccnc(N)c3)S2(=O)=O)cc1. The second-order valence-corrected chi connectivity index (χ2v) is 9.25. The summed E-state index contributed by atoms with van der Waals surface area (Å²) in [5, 5.41) is 3.84. The number of rotatable bonds is 12. The van der Waals surface area contributed by atoms with Gasteiger partial charge in [0, 0.05) is 31.9 Å². The smallest absolute Gasteiger partial charge is 0.304 e. The Morgan fingerprint density at radius 2 is 1.91 bits per heavy atom. The number of benzene rings is 1. The fraction of sp³-hybridized carbons (Fsp3) is 0.455. The van der Waals surface area contributed by atoms with Gasteiger partial charge < -0.3 is 15.3 Å². The van der Waals surface area contributed by atoms with Crippen molar-refractivity contribution in [1.29, 1.82) is 0 Å². The number of unbranched alkanes of at least 4 members (excludes halogenated alkanes) is 3. The Hall–Kier alpha value is -2.85. The molecule has 0 spiro atoms. The monoisotopic (exact) mass is 461 g/mol. The number of oxime groups is 1. The number of pyridine rings is 1. The number of anilines is 2. The molecule has 1 aromatic carbocycles. The van der Waals surface area contributed by atoms with Crippen molar-refractivity contribution in [2.75, 3.05) is 42.9 Å². The average Bonchev–Trinajstić information content (AvgIpc) is 3.08. The molecule has 1 aliphatic rings. The first-order chi connectivity index (χ1) is 15.5. The summed E-state index contributed by atoms with van der Waals surface area (Å²) in [7, 11) is -3.50. The normalized spacial score (nSPS) is 16.0. The third kappa shape index (κ3) is 6.57. The molecular weight excluding hydrogens is 430 g/mol. The molecule has 2 N–H and O–H groups in total. The standard InChI is InChI=1S/C22H31N5O4S/c1-2-31-25-18-19-7-9-21(10-8-19)30-16-6-4-3-5-13-26-14-15-27(32(26,28)29)20-11-12-24-22(23)17-20/h7-12,17-18H,2-6,13-16H2,1H3,(H2,23,24)/b25-18+. The van der Waals surface area contributed by atoms with Crippen LogP contribution in [0.3, 0.4) is 0 Å². The molecule has 174 valence electrons. The van der Waals surface area contributed by atoms with Crippen molar-refractivity contribution in [3.8, 4) is 5.75 Å². The predicted molar refractivity (Wildman–Crippen MR) is 126 cm³/mol. The molecule has 2 aromatic rings. The summed E-state index contributed by atoms with van der Waals surface area (Å²) in [4.78, 5) is 8.87. The van der Waals surface area contributed by atoms with E-state index in [0.29, 0.717) is 44.4 Å². The lowest BCUT2D eigenvalue weighted by molar-refractivity contribution is 0.160. The van der Waals surface area contributed by atoms with Crippen LogP contribution in [0.4, 0.5) is 11.5 Å². The molecule has 32 heavy (non-hydrogen) atoms. The zero-order chi connectivity index (χ0) is 22.8. The second kappa shape index (κ2) is 11.7. The largest absolute Gasteiger partial charge is 0.494 e. The van der Waals surface area contributed by atoms with Crippen molar-refractivity contribution in [3.05, 3.63) is 48.2 Å². The van der Waals surface area contributed by atoms with Gasteiger partial charge in [-0.05, 0) is 55.7 Å². The molecule has 10 heteroatoms. The minimum Gasteiger partial charge on any atom is -0.494 e. The molecule has 3 rings (SSSR count). The van der Waals surface area contributed by atoms with Crippen molar-refractivity contribution in [2.24, 2.45) is 5.16 Å². The van der Waals surface area contributed by atoms with Crippen LogP contribution in [0.15, 0.2) is 47.8 Å². The highest BCUT2D eigenvalue weighted by molar-refractivity contribution is 7.90. The molecule has 0 radical (unpaired) electrons. The summed E-state index contributed by atoms with van der Waals surface area (Å²) in [6.07, 6.45) is 6.86. The van der Waals surface area contributed by atoms with Crippen molar-refractivity contribution >= 4 is 27.9 Å². The van der Waals surface area contributed by atoms with Crippen LogP contribution in [0.1, 0.15) is 38.2 Å². The third-order valence-electron chi connectivity index (χ3n) is 5.07. The molecule has 1 fully saturated rings. The summed E-state index contributed by atoms with van der Waals surface area (Å²) < 4.78 is 34.3. The zero-order valence-corrected chi connectivity index (χ0v) is 19.2. The maximum Gasteiger partial charge on any atom is 0.304 e. The highest BCUT2D eigenvalue weighted by Gasteiger charge is 2.36. The van der Waals surface area contributed by atoms with Crippen molar-refractivity contribution < 1.29 is 18.0 Å². The van der Waals surface area contributed by atoms with Crippen LogP contribution in [-0.4, -0.2) is 56.8 Å². The molecule has 1 aromatic heterocycles. The van der Waals surface area contributed by atoms with E-state index in [1.165, 1.54) is 14.8 Å². The van der Waals surface area contributed by atoms with Gasteiger partial charge in [0.25, 0.3) is 0 Å². The van der Waals surface area contributed by atoms with Crippen LogP contribution >= 0.6 is 0 Å². The Kier molecular flexibility index (Phi) is 8.69. The molecule has 2 heterocycles. The predicted octanol–water partition coefficient (Wildman–Crippen LogP) is 3.04. The average molecular weight is 462 g/mol. The first-order valence-corrected chi connectivity index (χ1v) is 12.3. The maximum atomic E-state index is 12.8. The summed E-state index contributed by atoms with van der Waals surface area (Å²) in [6.45, 7) is 4.49. The molecule has 0 bridgehead atoms. The molecule has 0 atom stereocenters. The summed E-state index contributed by atoms with van der Waals surface area (Å²) in [6, 6.07) is 10.9. The first-order valence-electron chi connectivity index (χ1n) is 10.9. The maximum absolute atomic E-state index is 12.8. The van der Waals surface area contributed by atoms with E-state index in [-0.39, 0.29) is 0 Å². The number of aromatic nitrogens is 1. The van der Waals surface area contributed by atoms with E-state index in [1.807, 2.05) is 31.2 Å². The lowest BCUT2D eigenvalue weighted by Gasteiger charge is -2.20. The van der Waals surface area contributed by atoms with E-state index in [0.717, 1.165) is 37.0 Å². The first kappa shape index (κ1) is 23.8. The minimum absolute atomic E-state index is 0.310. The van der Waals surface area contributed by atoms with Gasteiger partial charge in [-0.1, -0.05) is 18.0 Å². The van der Waals surface area contributed by atoms with E-state index in [4.69, 9.17) is 15.3 Å². The number of nitrogens with zero attached hydrogens (tertiary/aromatic N) is 4. The summed E-state index contributed by atoms with van der Waals surface area (Å²) in [5.74, 6) is 1.13. The van der Waals surface area contributed by atoms with Crippen molar-refractivity contribution in [3.63, 3.8) is 0 Å². The minimum atomic E-state index is -3.50. The van der Waals surface area contributed by atoms with Gasteiger partial charge in [0.05, 0.1) is 18.5 Å². The van der Waals surface area contributed by atoms with Crippen molar-refractivity contribution in [1.82, 2.24) is 9.29 Å². The third-order valence-corrected chi connectivity index (χ3v) is 7.03. The number of nitrogen functional groups attached to an aromatic ring is 1. The van der Waals surface area contributed by atoms with Gasteiger partial charge in [-0.3, -0.25) is 4.31 Å². The number of ether oxygens (including phenoxy) is 1. The summed E-state index contributed by atoms with van der Waals surface area (Å²) >= 11 is 0. The van der Waals surface area contributed by atoms with Gasteiger partial charge in [-0.2, -0.15) is 12.7 Å². The molecule has 9 nitrogen and oxygen atoms in total. The zero-order valence-electron chi connectivity index (χ0n) is 18.4. The molecule has 0 amide bonds. The van der Waals surface area contributed by atoms with Gasteiger partial charge in [-0.25, -0.2) is 4.98 Å². The Morgan fingerprint density at radius 3 is 2.66 bits per heavy atom. The number of hydrogen-bond acceptors (Lipinski definition) is 7. The van der Waals surface area contributed by atoms with Crippen LogP contribution < -0.4 is 14.8 Å². The Labute approximate surface area is 190 Å². The molecule has 1 saturated heterocycles. The quantitative estimate of drug-likeness (QED) is 0.295. The molecule has 1 aliphatic heterocycles. The van der Waals surface area contributed by atoms with Gasteiger partial charge in [0.1, 0.15) is 18.2 Å². The Morgan fingerprint density at radius 1 is 1.12 bits per heavy atom. The van der Waals surface area contributed by atoms with Crippen LogP contribution in [-0.2, 0) is 15.0 Å². The number of nitrogens with two attached hydrogens (primary N) is 1. The van der Waals surface area contributed by atoms with E-state index in [2.05, 4.69) is 10.1 Å². The Bertz CT molecular complexity index is 982. The number of hydrogen-bond donors (Lipinski definition) is 1. The van der Waals surface area contributed by atoms with Crippen LogP contribution in [0, 0.1) is 0 Å². The Balaban J connectivity index is 1.32. The van der Waals surface area contributed by atoms with Gasteiger partial charge in [0.2, 0.25) is 0 Å². The summed E-state index contributed by atoms with van der Waals surface area (Å²) in [5.41, 5.74) is 7.20. The van der Waals surface area contributed by atoms with Crippen LogP contribution in [0.2, 0.25) is 0 Å². The van der Waals surface area contributed by atoms with Gasteiger partial charge in [0.15, 0.2) is 0 Å². The highest BCUT2D eigenvalue weighted by Crippen LogP contribution is 2.26. The fourth-order valence-electron chi connectivity index (χ4n) is 3.41. The lowest BCUT2D eigenvalue weighted by atomic mass is 10.2. The van der Waals surface area contributed by atoms with E-state index >= 15 is 0 Å². The van der Waals surface area contributed by atoms with Gasteiger partial charge >= 0.3 is 10.2 Å². The molecule has 0 saturated carbocycles. The topological polar surface area (TPSA) is 110 Å². The lowest BCUT2D eigenvalue weighted by Crippen LogP contribution is -2.33. The van der Waals surface area contributed by atoms with Crippen molar-refractivity contribution in [2.45, 2.75) is 32.6 Å². The van der Waals surface area contributed by atoms with Crippen LogP contribution in [0.25, 0.3) is 0 Å². The van der Waals surface area contributed by atoms with E-state index in [1.54, 1.807) is 18.3 Å². The van der Waals surface area contributed by atoms with Crippen LogP contribution in [0.5, 0.6) is 5.75 Å².